The summed E-state index contributed by atoms with van der Waals surface area (Å²) >= 11 is 5.87. The van der Waals surface area contributed by atoms with E-state index >= 15 is 0 Å². The van der Waals surface area contributed by atoms with Crippen molar-refractivity contribution >= 4 is 27.3 Å². The minimum atomic E-state index is -3.13. The molecule has 1 aromatic heterocycles. The molecule has 0 amide bonds. The zero-order valence-electron chi connectivity index (χ0n) is 10.7. The van der Waals surface area contributed by atoms with Crippen molar-refractivity contribution in [2.24, 2.45) is 0 Å². The number of anilines is 1. The Balaban J connectivity index is 2.23. The van der Waals surface area contributed by atoms with Gasteiger partial charge in [0.1, 0.15) is 5.82 Å². The van der Waals surface area contributed by atoms with Crippen LogP contribution in [-0.4, -0.2) is 50.4 Å². The highest BCUT2D eigenvalue weighted by molar-refractivity contribution is 7.90. The molecule has 0 saturated carbocycles. The summed E-state index contributed by atoms with van der Waals surface area (Å²) in [5.74, 6) is 0.634. The third kappa shape index (κ3) is 4.02. The lowest BCUT2D eigenvalue weighted by molar-refractivity contribution is 0.122. The van der Waals surface area contributed by atoms with Gasteiger partial charge in [-0.3, -0.25) is 0 Å². The van der Waals surface area contributed by atoms with Crippen LogP contribution in [0.25, 0.3) is 0 Å². The molecule has 0 radical (unpaired) electrons. The standard InChI is InChI=1S/C11H16ClN3O3S/c1-2-19(16,17)8-9-7-10(14-11(12)13-9)15-3-5-18-6-4-15/h7H,2-6,8H2,1H3. The van der Waals surface area contributed by atoms with Crippen molar-refractivity contribution in [3.05, 3.63) is 17.0 Å². The molecular formula is C11H16ClN3O3S. The zero-order valence-corrected chi connectivity index (χ0v) is 12.2. The third-order valence-corrected chi connectivity index (χ3v) is 4.67. The second-order valence-electron chi connectivity index (χ2n) is 4.26. The number of ether oxygens (including phenoxy) is 1. The molecular weight excluding hydrogens is 290 g/mol. The SMILES string of the molecule is CCS(=O)(=O)Cc1cc(N2CCOCC2)nc(Cl)n1. The van der Waals surface area contributed by atoms with Gasteiger partial charge in [0, 0.05) is 24.9 Å². The summed E-state index contributed by atoms with van der Waals surface area (Å²) in [6, 6.07) is 1.68. The normalized spacial score (nSPS) is 16.6. The van der Waals surface area contributed by atoms with E-state index in [0.29, 0.717) is 37.8 Å². The molecule has 19 heavy (non-hydrogen) atoms. The third-order valence-electron chi connectivity index (χ3n) is 2.88. The molecule has 0 spiro atoms. The van der Waals surface area contributed by atoms with Gasteiger partial charge >= 0.3 is 0 Å². The van der Waals surface area contributed by atoms with Crippen LogP contribution in [0.3, 0.4) is 0 Å². The van der Waals surface area contributed by atoms with Gasteiger partial charge in [-0.1, -0.05) is 6.92 Å². The van der Waals surface area contributed by atoms with Gasteiger partial charge in [0.25, 0.3) is 0 Å². The van der Waals surface area contributed by atoms with Crippen LogP contribution in [0.5, 0.6) is 0 Å². The predicted molar refractivity (Wildman–Crippen MR) is 73.2 cm³/mol. The molecule has 1 fully saturated rings. The van der Waals surface area contributed by atoms with E-state index < -0.39 is 9.84 Å². The van der Waals surface area contributed by atoms with E-state index in [1.165, 1.54) is 0 Å². The van der Waals surface area contributed by atoms with Gasteiger partial charge in [-0.25, -0.2) is 18.4 Å². The van der Waals surface area contributed by atoms with Crippen molar-refractivity contribution in [3.8, 4) is 0 Å². The molecule has 0 N–H and O–H groups in total. The average molecular weight is 306 g/mol. The van der Waals surface area contributed by atoms with Crippen molar-refractivity contribution in [3.63, 3.8) is 0 Å². The van der Waals surface area contributed by atoms with E-state index in [9.17, 15) is 8.42 Å². The molecule has 0 unspecified atom stereocenters. The summed E-state index contributed by atoms with van der Waals surface area (Å²) in [6.07, 6.45) is 0. The Morgan fingerprint density at radius 2 is 2.05 bits per heavy atom. The lowest BCUT2D eigenvalue weighted by Crippen LogP contribution is -2.36. The zero-order chi connectivity index (χ0) is 13.9. The first-order valence-corrected chi connectivity index (χ1v) is 8.26. The van der Waals surface area contributed by atoms with Crippen molar-refractivity contribution in [1.29, 1.82) is 0 Å². The van der Waals surface area contributed by atoms with Crippen LogP contribution < -0.4 is 4.90 Å². The van der Waals surface area contributed by atoms with Crippen LogP contribution in [0.15, 0.2) is 6.07 Å². The topological polar surface area (TPSA) is 72.4 Å². The molecule has 1 saturated heterocycles. The van der Waals surface area contributed by atoms with E-state index in [4.69, 9.17) is 16.3 Å². The quantitative estimate of drug-likeness (QED) is 0.770. The van der Waals surface area contributed by atoms with Crippen LogP contribution >= 0.6 is 11.6 Å². The fraction of sp³-hybridized carbons (Fsp3) is 0.636. The molecule has 106 valence electrons. The first kappa shape index (κ1) is 14.5. The maximum atomic E-state index is 11.6. The number of nitrogens with zero attached hydrogens (tertiary/aromatic N) is 3. The highest BCUT2D eigenvalue weighted by Gasteiger charge is 2.17. The number of hydrogen-bond donors (Lipinski definition) is 0. The Labute approximate surface area is 117 Å². The molecule has 0 bridgehead atoms. The fourth-order valence-corrected chi connectivity index (χ4v) is 2.81. The van der Waals surface area contributed by atoms with Crippen LogP contribution in [0.1, 0.15) is 12.6 Å². The molecule has 0 aromatic carbocycles. The van der Waals surface area contributed by atoms with Gasteiger partial charge in [-0.05, 0) is 11.6 Å². The van der Waals surface area contributed by atoms with Crippen LogP contribution in [-0.2, 0) is 20.3 Å². The fourth-order valence-electron chi connectivity index (χ4n) is 1.81. The first-order valence-electron chi connectivity index (χ1n) is 6.07. The summed E-state index contributed by atoms with van der Waals surface area (Å²) in [5, 5.41) is 0.0743. The molecule has 1 aliphatic heterocycles. The monoisotopic (exact) mass is 305 g/mol. The van der Waals surface area contributed by atoms with E-state index in [0.717, 1.165) is 0 Å². The van der Waals surface area contributed by atoms with Crippen molar-refractivity contribution in [2.75, 3.05) is 37.0 Å². The Bertz CT molecular complexity index is 544. The van der Waals surface area contributed by atoms with Crippen molar-refractivity contribution in [1.82, 2.24) is 9.97 Å². The van der Waals surface area contributed by atoms with E-state index in [2.05, 4.69) is 9.97 Å². The summed E-state index contributed by atoms with van der Waals surface area (Å²) in [6.45, 7) is 4.30. The summed E-state index contributed by atoms with van der Waals surface area (Å²) in [5.41, 5.74) is 0.434. The van der Waals surface area contributed by atoms with Crippen molar-refractivity contribution in [2.45, 2.75) is 12.7 Å². The molecule has 2 heterocycles. The molecule has 6 nitrogen and oxygen atoms in total. The Hall–Kier alpha value is -0.920. The highest BCUT2D eigenvalue weighted by Crippen LogP contribution is 2.18. The molecule has 1 aliphatic rings. The smallest absolute Gasteiger partial charge is 0.224 e. The Morgan fingerprint density at radius 3 is 2.68 bits per heavy atom. The number of sulfone groups is 1. The lowest BCUT2D eigenvalue weighted by Gasteiger charge is -2.27. The minimum absolute atomic E-state index is 0.0743. The van der Waals surface area contributed by atoms with Crippen LogP contribution in [0.4, 0.5) is 5.82 Å². The van der Waals surface area contributed by atoms with Gasteiger partial charge in [-0.15, -0.1) is 0 Å². The second kappa shape index (κ2) is 6.02. The van der Waals surface area contributed by atoms with Gasteiger partial charge in [0.05, 0.1) is 24.7 Å². The van der Waals surface area contributed by atoms with E-state index in [1.807, 2.05) is 4.90 Å². The predicted octanol–water partition coefficient (Wildman–Crippen LogP) is 0.901. The molecule has 1 aromatic rings. The van der Waals surface area contributed by atoms with E-state index in [1.54, 1.807) is 13.0 Å². The number of morpholine rings is 1. The summed E-state index contributed by atoms with van der Waals surface area (Å²) in [4.78, 5) is 10.1. The summed E-state index contributed by atoms with van der Waals surface area (Å²) in [7, 11) is -3.13. The second-order valence-corrected chi connectivity index (χ2v) is 6.95. The molecule has 8 heteroatoms. The molecule has 0 atom stereocenters. The lowest BCUT2D eigenvalue weighted by atomic mass is 10.3. The Morgan fingerprint density at radius 1 is 1.37 bits per heavy atom. The maximum absolute atomic E-state index is 11.6. The first-order chi connectivity index (χ1) is 9.00. The number of aromatic nitrogens is 2. The van der Waals surface area contributed by atoms with Gasteiger partial charge < -0.3 is 9.64 Å². The van der Waals surface area contributed by atoms with E-state index in [-0.39, 0.29) is 16.8 Å². The average Bonchev–Trinajstić information content (AvgIpc) is 2.38. The maximum Gasteiger partial charge on any atom is 0.224 e. The largest absolute Gasteiger partial charge is 0.378 e. The van der Waals surface area contributed by atoms with Gasteiger partial charge in [0.2, 0.25) is 5.28 Å². The number of rotatable bonds is 4. The molecule has 2 rings (SSSR count). The minimum Gasteiger partial charge on any atom is -0.378 e. The summed E-state index contributed by atoms with van der Waals surface area (Å²) < 4.78 is 28.5. The highest BCUT2D eigenvalue weighted by atomic mass is 35.5. The number of halogens is 1. The van der Waals surface area contributed by atoms with Crippen LogP contribution in [0.2, 0.25) is 5.28 Å². The van der Waals surface area contributed by atoms with Crippen LogP contribution in [0, 0.1) is 0 Å². The van der Waals surface area contributed by atoms with Crippen molar-refractivity contribution < 1.29 is 13.2 Å². The van der Waals surface area contributed by atoms with Gasteiger partial charge in [-0.2, -0.15) is 0 Å². The van der Waals surface area contributed by atoms with Gasteiger partial charge in [0.15, 0.2) is 9.84 Å². The molecule has 0 aliphatic carbocycles. The number of hydrogen-bond acceptors (Lipinski definition) is 6. The Kier molecular flexibility index (Phi) is 4.59.